The van der Waals surface area contributed by atoms with E-state index in [-0.39, 0.29) is 12.5 Å². The van der Waals surface area contributed by atoms with Crippen molar-refractivity contribution in [3.63, 3.8) is 0 Å². The molecule has 148 valence electrons. The molecule has 1 atom stereocenters. The van der Waals surface area contributed by atoms with Crippen molar-refractivity contribution in [3.05, 3.63) is 30.2 Å². The van der Waals surface area contributed by atoms with E-state index >= 15 is 0 Å². The fourth-order valence-corrected chi connectivity index (χ4v) is 3.49. The van der Waals surface area contributed by atoms with Crippen LogP contribution in [0.3, 0.4) is 0 Å². The van der Waals surface area contributed by atoms with Crippen LogP contribution >= 0.6 is 0 Å². The Bertz CT molecular complexity index is 857. The van der Waals surface area contributed by atoms with Gasteiger partial charge < -0.3 is 20.1 Å². The zero-order chi connectivity index (χ0) is 19.7. The summed E-state index contributed by atoms with van der Waals surface area (Å²) in [6.07, 6.45) is 5.35. The second-order valence-electron chi connectivity index (χ2n) is 7.91. The van der Waals surface area contributed by atoms with Gasteiger partial charge in [-0.1, -0.05) is 0 Å². The molecule has 0 bridgehead atoms. The van der Waals surface area contributed by atoms with Crippen LogP contribution in [-0.4, -0.2) is 52.3 Å². The van der Waals surface area contributed by atoms with E-state index in [0.29, 0.717) is 28.9 Å². The largest absolute Gasteiger partial charge is 0.384 e. The van der Waals surface area contributed by atoms with Crippen molar-refractivity contribution >= 4 is 17.5 Å². The van der Waals surface area contributed by atoms with Gasteiger partial charge in [0.1, 0.15) is 5.60 Å². The maximum absolute atomic E-state index is 12.0. The van der Waals surface area contributed by atoms with Crippen molar-refractivity contribution in [2.75, 3.05) is 36.5 Å². The molecular weight excluding hydrogens is 358 g/mol. The quantitative estimate of drug-likeness (QED) is 0.814. The molecule has 2 aromatic rings. The van der Waals surface area contributed by atoms with Crippen molar-refractivity contribution in [2.24, 2.45) is 5.92 Å². The molecule has 1 fully saturated rings. The Hall–Kier alpha value is -2.58. The van der Waals surface area contributed by atoms with Crippen LogP contribution in [0.2, 0.25) is 0 Å². The Morgan fingerprint density at radius 3 is 2.86 bits per heavy atom. The number of nitrogens with zero attached hydrogens (tertiary/aromatic N) is 4. The number of amides is 1. The number of pyridine rings is 1. The molecule has 8 heteroatoms. The van der Waals surface area contributed by atoms with Crippen LogP contribution in [0.15, 0.2) is 24.5 Å². The highest BCUT2D eigenvalue weighted by Gasteiger charge is 2.27. The number of hydrogen-bond acceptors (Lipinski definition) is 7. The molecule has 2 aromatic heterocycles. The van der Waals surface area contributed by atoms with E-state index < -0.39 is 5.60 Å². The van der Waals surface area contributed by atoms with E-state index in [0.717, 1.165) is 38.2 Å². The lowest BCUT2D eigenvalue weighted by Crippen LogP contribution is -2.40. The minimum atomic E-state index is -0.995. The first-order chi connectivity index (χ1) is 13.4. The van der Waals surface area contributed by atoms with E-state index in [1.54, 1.807) is 32.3 Å². The highest BCUT2D eigenvalue weighted by atomic mass is 16.5. The second-order valence-corrected chi connectivity index (χ2v) is 7.91. The van der Waals surface area contributed by atoms with Crippen molar-refractivity contribution in [1.82, 2.24) is 15.0 Å². The summed E-state index contributed by atoms with van der Waals surface area (Å²) in [6.45, 7) is 6.02. The van der Waals surface area contributed by atoms with Gasteiger partial charge in [0.05, 0.1) is 24.1 Å². The van der Waals surface area contributed by atoms with Gasteiger partial charge in [0.25, 0.3) is 0 Å². The zero-order valence-corrected chi connectivity index (χ0v) is 16.2. The van der Waals surface area contributed by atoms with Crippen LogP contribution in [0.5, 0.6) is 0 Å². The summed E-state index contributed by atoms with van der Waals surface area (Å²) in [5.41, 5.74) is 1.09. The number of carbonyl (C=O) groups excluding carboxylic acids is 1. The molecule has 2 aliphatic rings. The summed E-state index contributed by atoms with van der Waals surface area (Å²) < 4.78 is 5.45. The predicted molar refractivity (Wildman–Crippen MR) is 105 cm³/mol. The van der Waals surface area contributed by atoms with Gasteiger partial charge in [-0.25, -0.2) is 9.97 Å². The minimum absolute atomic E-state index is 0.0755. The van der Waals surface area contributed by atoms with E-state index in [1.165, 1.54) is 0 Å². The van der Waals surface area contributed by atoms with Gasteiger partial charge in [-0.3, -0.25) is 9.78 Å². The zero-order valence-electron chi connectivity index (χ0n) is 16.2. The number of anilines is 2. The molecule has 0 aliphatic carbocycles. The minimum Gasteiger partial charge on any atom is -0.384 e. The van der Waals surface area contributed by atoms with E-state index in [9.17, 15) is 9.90 Å². The van der Waals surface area contributed by atoms with Crippen LogP contribution in [0.4, 0.5) is 11.6 Å². The molecule has 1 saturated heterocycles. The molecule has 0 radical (unpaired) electrons. The molecule has 0 aromatic carbocycles. The first kappa shape index (κ1) is 18.8. The lowest BCUT2D eigenvalue weighted by Gasteiger charge is -2.30. The lowest BCUT2D eigenvalue weighted by molar-refractivity contribution is -0.115. The first-order valence-electron chi connectivity index (χ1n) is 9.59. The summed E-state index contributed by atoms with van der Waals surface area (Å²) in [5, 5.41) is 12.9. The van der Waals surface area contributed by atoms with Gasteiger partial charge in [-0.2, -0.15) is 0 Å². The third-order valence-corrected chi connectivity index (χ3v) is 5.16. The molecule has 1 unspecified atom stereocenters. The predicted octanol–water partition coefficient (Wildman–Crippen LogP) is 1.95. The van der Waals surface area contributed by atoms with E-state index in [4.69, 9.17) is 9.72 Å². The van der Waals surface area contributed by atoms with Gasteiger partial charge in [0.15, 0.2) is 11.6 Å². The van der Waals surface area contributed by atoms with Gasteiger partial charge in [-0.05, 0) is 44.7 Å². The topological polar surface area (TPSA) is 100 Å². The third-order valence-electron chi connectivity index (χ3n) is 5.16. The molecular formula is C20H25N5O3. The normalized spacial score (nSPS) is 19.5. The Balaban J connectivity index is 1.58. The summed E-state index contributed by atoms with van der Waals surface area (Å²) >= 11 is 0. The average molecular weight is 383 g/mol. The monoisotopic (exact) mass is 383 g/mol. The van der Waals surface area contributed by atoms with Crippen molar-refractivity contribution in [1.29, 1.82) is 0 Å². The summed E-state index contributed by atoms with van der Waals surface area (Å²) in [5.74, 6) is 1.63. The van der Waals surface area contributed by atoms with Gasteiger partial charge in [0, 0.05) is 31.5 Å². The number of aromatic nitrogens is 3. The van der Waals surface area contributed by atoms with E-state index in [1.807, 2.05) is 11.0 Å². The number of nitrogens with one attached hydrogen (secondary N) is 1. The van der Waals surface area contributed by atoms with Gasteiger partial charge >= 0.3 is 0 Å². The van der Waals surface area contributed by atoms with Crippen LogP contribution in [0.1, 0.15) is 32.4 Å². The molecule has 8 nitrogen and oxygen atoms in total. The summed E-state index contributed by atoms with van der Waals surface area (Å²) in [6, 6.07) is 3.66. The van der Waals surface area contributed by atoms with Crippen molar-refractivity contribution in [2.45, 2.75) is 32.3 Å². The number of hydrogen-bond donors (Lipinski definition) is 2. The Labute approximate surface area is 164 Å². The fourth-order valence-electron chi connectivity index (χ4n) is 3.49. The van der Waals surface area contributed by atoms with Crippen LogP contribution in [0.25, 0.3) is 11.3 Å². The molecule has 28 heavy (non-hydrogen) atoms. The SMILES string of the molecule is CC(C)(O)c1ccc(-c2cnc3c(n2)N(CCC2CCOC2)CC(=O)N3)cn1. The Kier molecular flexibility index (Phi) is 4.99. The van der Waals surface area contributed by atoms with Crippen molar-refractivity contribution in [3.8, 4) is 11.3 Å². The number of aliphatic hydroxyl groups is 1. The van der Waals surface area contributed by atoms with Crippen LogP contribution < -0.4 is 10.2 Å². The lowest BCUT2D eigenvalue weighted by atomic mass is 10.0. The smallest absolute Gasteiger partial charge is 0.245 e. The second kappa shape index (κ2) is 7.44. The third kappa shape index (κ3) is 3.98. The maximum Gasteiger partial charge on any atom is 0.245 e. The van der Waals surface area contributed by atoms with Crippen molar-refractivity contribution < 1.29 is 14.6 Å². The molecule has 4 rings (SSSR count). The molecule has 2 aliphatic heterocycles. The Morgan fingerprint density at radius 2 is 2.18 bits per heavy atom. The average Bonchev–Trinajstić information content (AvgIpc) is 3.19. The molecule has 0 saturated carbocycles. The standard InChI is InChI=1S/C20H25N5O3/c1-20(2,27)16-4-3-14(9-21-16)15-10-22-18-19(23-15)25(11-17(26)24-18)7-5-13-6-8-28-12-13/h3-4,9-10,13,27H,5-8,11-12H2,1-2H3,(H,22,24,26). The molecule has 1 amide bonds. The number of fused-ring (bicyclic) bond motifs is 1. The molecule has 4 heterocycles. The summed E-state index contributed by atoms with van der Waals surface area (Å²) in [7, 11) is 0. The van der Waals surface area contributed by atoms with Crippen LogP contribution in [-0.2, 0) is 15.1 Å². The summed E-state index contributed by atoms with van der Waals surface area (Å²) in [4.78, 5) is 27.5. The van der Waals surface area contributed by atoms with Gasteiger partial charge in [-0.15, -0.1) is 0 Å². The van der Waals surface area contributed by atoms with Gasteiger partial charge in [0.2, 0.25) is 5.91 Å². The number of ether oxygens (including phenoxy) is 1. The highest BCUT2D eigenvalue weighted by Crippen LogP contribution is 2.30. The van der Waals surface area contributed by atoms with Crippen LogP contribution in [0, 0.1) is 5.92 Å². The number of carbonyl (C=O) groups is 1. The van der Waals surface area contributed by atoms with E-state index in [2.05, 4.69) is 15.3 Å². The molecule has 0 spiro atoms. The highest BCUT2D eigenvalue weighted by molar-refractivity contribution is 5.99. The first-order valence-corrected chi connectivity index (χ1v) is 9.59. The Morgan fingerprint density at radius 1 is 1.32 bits per heavy atom. The fraction of sp³-hybridized carbons (Fsp3) is 0.500. The number of rotatable bonds is 5. The molecule has 2 N–H and O–H groups in total. The maximum atomic E-state index is 12.0.